The number of aryl methyl sites for hydroxylation is 1. The van der Waals surface area contributed by atoms with Gasteiger partial charge in [-0.05, 0) is 57.3 Å². The first-order valence-corrected chi connectivity index (χ1v) is 9.25. The molecule has 0 bridgehead atoms. The van der Waals surface area contributed by atoms with Gasteiger partial charge in [0.1, 0.15) is 0 Å². The molecule has 4 nitrogen and oxygen atoms in total. The molecule has 0 aliphatic carbocycles. The van der Waals surface area contributed by atoms with Gasteiger partial charge >= 0.3 is 0 Å². The van der Waals surface area contributed by atoms with Crippen LogP contribution >= 0.6 is 0 Å². The molecule has 0 aromatic heterocycles. The minimum absolute atomic E-state index is 0.413. The van der Waals surface area contributed by atoms with Crippen LogP contribution in [0.25, 0.3) is 0 Å². The molecule has 1 aliphatic heterocycles. The number of sulfonamides is 1. The number of nitrogens with zero attached hydrogens (tertiary/aromatic N) is 1. The number of hydrogen-bond donors (Lipinski definition) is 1. The number of benzene rings is 1. The molecule has 0 atom stereocenters. The van der Waals surface area contributed by atoms with Crippen molar-refractivity contribution in [3.63, 3.8) is 0 Å². The van der Waals surface area contributed by atoms with E-state index in [2.05, 4.69) is 12.2 Å². The van der Waals surface area contributed by atoms with Gasteiger partial charge in [-0.3, -0.25) is 0 Å². The second-order valence-corrected chi connectivity index (χ2v) is 7.80. The fourth-order valence-electron chi connectivity index (χ4n) is 2.70. The maximum atomic E-state index is 12.6. The second-order valence-electron chi connectivity index (χ2n) is 5.86. The fourth-order valence-corrected chi connectivity index (χ4v) is 4.17. The summed E-state index contributed by atoms with van der Waals surface area (Å²) in [6.07, 6.45) is 3.03. The van der Waals surface area contributed by atoms with Crippen molar-refractivity contribution in [3.8, 4) is 0 Å². The molecule has 0 radical (unpaired) electrons. The van der Waals surface area contributed by atoms with Crippen LogP contribution in [0.2, 0.25) is 0 Å². The van der Waals surface area contributed by atoms with E-state index in [-0.39, 0.29) is 0 Å². The number of nitrogens with one attached hydrogen (secondary N) is 1. The van der Waals surface area contributed by atoms with Gasteiger partial charge in [0.15, 0.2) is 0 Å². The maximum Gasteiger partial charge on any atom is 0.243 e. The zero-order valence-electron chi connectivity index (χ0n) is 13.0. The fraction of sp³-hybridized carbons (Fsp3) is 0.625. The lowest BCUT2D eigenvalue weighted by Gasteiger charge is -2.31. The molecule has 2 rings (SSSR count). The molecule has 0 spiro atoms. The van der Waals surface area contributed by atoms with Gasteiger partial charge in [0.25, 0.3) is 0 Å². The van der Waals surface area contributed by atoms with Crippen molar-refractivity contribution in [2.75, 3.05) is 26.2 Å². The summed E-state index contributed by atoms with van der Waals surface area (Å²) in [5, 5.41) is 3.43. The Bertz CT molecular complexity index is 532. The van der Waals surface area contributed by atoms with Gasteiger partial charge in [-0.15, -0.1) is 0 Å². The van der Waals surface area contributed by atoms with Crippen LogP contribution in [0, 0.1) is 12.8 Å². The van der Waals surface area contributed by atoms with Crippen LogP contribution in [0.5, 0.6) is 0 Å². The minimum Gasteiger partial charge on any atom is -0.316 e. The predicted octanol–water partition coefficient (Wildman–Crippen LogP) is 2.40. The van der Waals surface area contributed by atoms with Gasteiger partial charge in [-0.2, -0.15) is 4.31 Å². The Kier molecular flexibility index (Phi) is 5.79. The normalized spacial score (nSPS) is 18.0. The third-order valence-corrected chi connectivity index (χ3v) is 6.00. The van der Waals surface area contributed by atoms with Crippen molar-refractivity contribution < 1.29 is 8.42 Å². The zero-order chi connectivity index (χ0) is 15.3. The van der Waals surface area contributed by atoms with Crippen LogP contribution in [-0.2, 0) is 10.0 Å². The molecule has 1 aromatic rings. The minimum atomic E-state index is -3.31. The lowest BCUT2D eigenvalue weighted by Crippen LogP contribution is -2.40. The quantitative estimate of drug-likeness (QED) is 0.821. The molecule has 1 aliphatic rings. The van der Waals surface area contributed by atoms with Crippen LogP contribution in [0.4, 0.5) is 0 Å². The van der Waals surface area contributed by atoms with Crippen LogP contribution < -0.4 is 5.32 Å². The van der Waals surface area contributed by atoms with Crippen molar-refractivity contribution in [3.05, 3.63) is 29.8 Å². The Morgan fingerprint density at radius 2 is 1.81 bits per heavy atom. The van der Waals surface area contributed by atoms with Crippen molar-refractivity contribution in [1.29, 1.82) is 0 Å². The predicted molar refractivity (Wildman–Crippen MR) is 85.8 cm³/mol. The van der Waals surface area contributed by atoms with E-state index in [4.69, 9.17) is 0 Å². The standard InChI is InChI=1S/C16H26N2O2S/c1-3-10-17-13-15-8-11-18(12-9-15)21(19,20)16-6-4-14(2)5-7-16/h4-7,15,17H,3,8-13H2,1-2H3. The van der Waals surface area contributed by atoms with Gasteiger partial charge < -0.3 is 5.32 Å². The molecule has 1 aromatic carbocycles. The summed E-state index contributed by atoms with van der Waals surface area (Å²) in [5.41, 5.74) is 1.08. The zero-order valence-corrected chi connectivity index (χ0v) is 13.8. The van der Waals surface area contributed by atoms with E-state index in [9.17, 15) is 8.42 Å². The number of rotatable bonds is 6. The van der Waals surface area contributed by atoms with Crippen molar-refractivity contribution in [1.82, 2.24) is 9.62 Å². The Morgan fingerprint density at radius 1 is 1.19 bits per heavy atom. The Labute approximate surface area is 128 Å². The maximum absolute atomic E-state index is 12.6. The van der Waals surface area contributed by atoms with E-state index in [1.807, 2.05) is 19.1 Å². The molecular weight excluding hydrogens is 284 g/mol. The molecule has 0 amide bonds. The van der Waals surface area contributed by atoms with Gasteiger partial charge in [0.2, 0.25) is 10.0 Å². The van der Waals surface area contributed by atoms with E-state index < -0.39 is 10.0 Å². The molecule has 1 heterocycles. The Hall–Kier alpha value is -0.910. The van der Waals surface area contributed by atoms with E-state index in [1.54, 1.807) is 16.4 Å². The molecule has 21 heavy (non-hydrogen) atoms. The van der Waals surface area contributed by atoms with Crippen molar-refractivity contribution in [2.24, 2.45) is 5.92 Å². The number of piperidine rings is 1. The van der Waals surface area contributed by atoms with Crippen molar-refractivity contribution >= 4 is 10.0 Å². The van der Waals surface area contributed by atoms with E-state index in [0.717, 1.165) is 37.9 Å². The first-order valence-electron chi connectivity index (χ1n) is 7.81. The first-order chi connectivity index (χ1) is 10.0. The third-order valence-electron chi connectivity index (χ3n) is 4.09. The summed E-state index contributed by atoms with van der Waals surface area (Å²) in [5.74, 6) is 0.598. The number of hydrogen-bond acceptors (Lipinski definition) is 3. The average molecular weight is 310 g/mol. The molecule has 0 saturated carbocycles. The Morgan fingerprint density at radius 3 is 2.38 bits per heavy atom. The molecule has 118 valence electrons. The monoisotopic (exact) mass is 310 g/mol. The molecule has 5 heteroatoms. The summed E-state index contributed by atoms with van der Waals surface area (Å²) < 4.78 is 26.8. The van der Waals surface area contributed by atoms with E-state index >= 15 is 0 Å². The first kappa shape index (κ1) is 16.5. The van der Waals surface area contributed by atoms with Gasteiger partial charge in [-0.25, -0.2) is 8.42 Å². The Balaban J connectivity index is 1.93. The van der Waals surface area contributed by atoms with E-state index in [1.165, 1.54) is 0 Å². The largest absolute Gasteiger partial charge is 0.316 e. The molecule has 0 unspecified atom stereocenters. The highest BCUT2D eigenvalue weighted by molar-refractivity contribution is 7.89. The highest BCUT2D eigenvalue weighted by Crippen LogP contribution is 2.23. The molecular formula is C16H26N2O2S. The molecule has 1 fully saturated rings. The van der Waals surface area contributed by atoms with E-state index in [0.29, 0.717) is 23.9 Å². The average Bonchev–Trinajstić information content (AvgIpc) is 2.48. The highest BCUT2D eigenvalue weighted by atomic mass is 32.2. The lowest BCUT2D eigenvalue weighted by molar-refractivity contribution is 0.267. The summed E-state index contributed by atoms with van der Waals surface area (Å²) in [7, 11) is -3.31. The smallest absolute Gasteiger partial charge is 0.243 e. The summed E-state index contributed by atoms with van der Waals surface area (Å²) in [4.78, 5) is 0.413. The van der Waals surface area contributed by atoms with Crippen LogP contribution in [0.1, 0.15) is 31.7 Å². The second kappa shape index (κ2) is 7.38. The summed E-state index contributed by atoms with van der Waals surface area (Å²) in [6.45, 7) is 7.44. The van der Waals surface area contributed by atoms with Crippen LogP contribution in [-0.4, -0.2) is 38.9 Å². The molecule has 1 saturated heterocycles. The lowest BCUT2D eigenvalue weighted by atomic mass is 9.98. The van der Waals surface area contributed by atoms with Crippen LogP contribution in [0.15, 0.2) is 29.2 Å². The summed E-state index contributed by atoms with van der Waals surface area (Å²) in [6, 6.07) is 7.13. The van der Waals surface area contributed by atoms with Gasteiger partial charge in [0, 0.05) is 13.1 Å². The van der Waals surface area contributed by atoms with Crippen LogP contribution in [0.3, 0.4) is 0 Å². The summed E-state index contributed by atoms with van der Waals surface area (Å²) >= 11 is 0. The molecule has 1 N–H and O–H groups in total. The SMILES string of the molecule is CCCNCC1CCN(S(=O)(=O)c2ccc(C)cc2)CC1. The topological polar surface area (TPSA) is 49.4 Å². The van der Waals surface area contributed by atoms with Crippen molar-refractivity contribution in [2.45, 2.75) is 38.0 Å². The van der Waals surface area contributed by atoms with Gasteiger partial charge in [-0.1, -0.05) is 24.6 Å². The highest BCUT2D eigenvalue weighted by Gasteiger charge is 2.28. The third kappa shape index (κ3) is 4.28. The van der Waals surface area contributed by atoms with Gasteiger partial charge in [0.05, 0.1) is 4.90 Å².